The van der Waals surface area contributed by atoms with E-state index in [0.29, 0.717) is 34.3 Å². The first-order valence-electron chi connectivity index (χ1n) is 10.0. The summed E-state index contributed by atoms with van der Waals surface area (Å²) in [6.07, 6.45) is 1.67. The van der Waals surface area contributed by atoms with Gasteiger partial charge in [-0.1, -0.05) is 35.9 Å². The second kappa shape index (κ2) is 7.39. The fourth-order valence-corrected chi connectivity index (χ4v) is 4.55. The molecule has 2 aliphatic rings. The van der Waals surface area contributed by atoms with E-state index in [1.165, 1.54) is 24.3 Å². The molecule has 0 fully saturated rings. The van der Waals surface area contributed by atoms with Crippen LogP contribution in [0.3, 0.4) is 0 Å². The molecule has 5 rings (SSSR count). The van der Waals surface area contributed by atoms with Crippen LogP contribution in [0, 0.1) is 5.82 Å². The van der Waals surface area contributed by atoms with E-state index < -0.39 is 17.3 Å². The highest BCUT2D eigenvalue weighted by Crippen LogP contribution is 2.42. The Morgan fingerprint density at radius 2 is 1.90 bits per heavy atom. The Bertz CT molecular complexity index is 1210. The molecule has 2 heterocycles. The molecule has 2 N–H and O–H groups in total. The number of benzene rings is 3. The predicted molar refractivity (Wildman–Crippen MR) is 120 cm³/mol. The van der Waals surface area contributed by atoms with Crippen LogP contribution in [0.2, 0.25) is 5.02 Å². The molecule has 7 heteroatoms. The van der Waals surface area contributed by atoms with Gasteiger partial charge >= 0.3 is 5.97 Å². The number of aryl methyl sites for hydroxylation is 1. The SMILES string of the molecule is O=C(O)C1(c2ccc(F)cc2)Nc2ccccc2N=C1N1CCCc2cc(Cl)ccc21. The summed E-state index contributed by atoms with van der Waals surface area (Å²) in [5.74, 6) is -1.21. The zero-order chi connectivity index (χ0) is 21.6. The van der Waals surface area contributed by atoms with Gasteiger partial charge in [0.2, 0.25) is 5.54 Å². The van der Waals surface area contributed by atoms with Crippen molar-refractivity contribution in [1.82, 2.24) is 0 Å². The third-order valence-corrected chi connectivity index (χ3v) is 6.04. The van der Waals surface area contributed by atoms with Crippen LogP contribution in [0.25, 0.3) is 0 Å². The molecular formula is C24H19ClFN3O2. The van der Waals surface area contributed by atoms with E-state index in [1.54, 1.807) is 12.1 Å². The van der Waals surface area contributed by atoms with Gasteiger partial charge in [0, 0.05) is 17.3 Å². The number of hydrogen-bond donors (Lipinski definition) is 2. The molecule has 0 aromatic heterocycles. The zero-order valence-electron chi connectivity index (χ0n) is 16.5. The lowest BCUT2D eigenvalue weighted by Gasteiger charge is -2.43. The molecule has 0 spiro atoms. The Balaban J connectivity index is 1.77. The molecule has 0 saturated heterocycles. The van der Waals surface area contributed by atoms with Gasteiger partial charge in [-0.2, -0.15) is 0 Å². The van der Waals surface area contributed by atoms with Crippen LogP contribution in [-0.2, 0) is 16.8 Å². The third kappa shape index (κ3) is 3.15. The van der Waals surface area contributed by atoms with Crippen LogP contribution in [0.4, 0.5) is 21.5 Å². The monoisotopic (exact) mass is 435 g/mol. The van der Waals surface area contributed by atoms with Gasteiger partial charge in [0.05, 0.1) is 11.4 Å². The fraction of sp³-hybridized carbons (Fsp3) is 0.167. The smallest absolute Gasteiger partial charge is 0.342 e. The highest BCUT2D eigenvalue weighted by molar-refractivity contribution is 6.31. The lowest BCUT2D eigenvalue weighted by atomic mass is 9.84. The second-order valence-electron chi connectivity index (χ2n) is 7.67. The Morgan fingerprint density at radius 1 is 1.13 bits per heavy atom. The largest absolute Gasteiger partial charge is 0.479 e. The average molecular weight is 436 g/mol. The fourth-order valence-electron chi connectivity index (χ4n) is 4.35. The molecule has 0 bridgehead atoms. The van der Waals surface area contributed by atoms with Crippen LogP contribution in [0.1, 0.15) is 17.5 Å². The number of para-hydroxylation sites is 2. The number of nitrogens with one attached hydrogen (secondary N) is 1. The Morgan fingerprint density at radius 3 is 2.68 bits per heavy atom. The van der Waals surface area contributed by atoms with E-state index in [9.17, 15) is 14.3 Å². The molecule has 1 unspecified atom stereocenters. The van der Waals surface area contributed by atoms with Crippen LogP contribution in [0.5, 0.6) is 0 Å². The number of anilines is 2. The van der Waals surface area contributed by atoms with E-state index in [2.05, 4.69) is 5.32 Å². The van der Waals surface area contributed by atoms with Crippen molar-refractivity contribution < 1.29 is 14.3 Å². The number of amidine groups is 1. The quantitative estimate of drug-likeness (QED) is 0.568. The number of hydrogen-bond acceptors (Lipinski definition) is 4. The maximum absolute atomic E-state index is 13.7. The summed E-state index contributed by atoms with van der Waals surface area (Å²) in [5.41, 5.74) is 1.89. The van der Waals surface area contributed by atoms with Gasteiger partial charge in [-0.05, 0) is 66.4 Å². The number of halogens is 2. The van der Waals surface area contributed by atoms with Crippen molar-refractivity contribution in [3.63, 3.8) is 0 Å². The maximum atomic E-state index is 13.7. The first-order valence-corrected chi connectivity index (χ1v) is 10.4. The predicted octanol–water partition coefficient (Wildman–Crippen LogP) is 5.37. The summed E-state index contributed by atoms with van der Waals surface area (Å²) in [4.78, 5) is 19.7. The van der Waals surface area contributed by atoms with Gasteiger partial charge in [-0.3, -0.25) is 0 Å². The van der Waals surface area contributed by atoms with E-state index in [1.807, 2.05) is 35.2 Å². The minimum atomic E-state index is -1.68. The van der Waals surface area contributed by atoms with Crippen molar-refractivity contribution in [2.24, 2.45) is 4.99 Å². The molecular weight excluding hydrogens is 417 g/mol. The second-order valence-corrected chi connectivity index (χ2v) is 8.10. The summed E-state index contributed by atoms with van der Waals surface area (Å²) in [7, 11) is 0. The number of nitrogens with zero attached hydrogens (tertiary/aromatic N) is 2. The molecule has 5 nitrogen and oxygen atoms in total. The summed E-state index contributed by atoms with van der Waals surface area (Å²) in [5, 5.41) is 14.4. The first kappa shape index (κ1) is 19.6. The Kier molecular flexibility index (Phi) is 4.67. The van der Waals surface area contributed by atoms with Crippen LogP contribution < -0.4 is 10.2 Å². The van der Waals surface area contributed by atoms with Crippen molar-refractivity contribution in [1.29, 1.82) is 0 Å². The van der Waals surface area contributed by atoms with Gasteiger partial charge < -0.3 is 15.3 Å². The molecule has 31 heavy (non-hydrogen) atoms. The van der Waals surface area contributed by atoms with Crippen LogP contribution >= 0.6 is 11.6 Å². The highest BCUT2D eigenvalue weighted by atomic mass is 35.5. The molecule has 2 aliphatic heterocycles. The Hall–Kier alpha value is -3.38. The number of fused-ring (bicyclic) bond motifs is 2. The molecule has 156 valence electrons. The van der Waals surface area contributed by atoms with E-state index in [-0.39, 0.29) is 0 Å². The van der Waals surface area contributed by atoms with E-state index in [4.69, 9.17) is 16.6 Å². The first-order chi connectivity index (χ1) is 15.0. The van der Waals surface area contributed by atoms with Crippen molar-refractivity contribution in [2.75, 3.05) is 16.8 Å². The van der Waals surface area contributed by atoms with Gasteiger partial charge in [-0.15, -0.1) is 0 Å². The topological polar surface area (TPSA) is 64.9 Å². The molecule has 1 atom stereocenters. The lowest BCUT2D eigenvalue weighted by molar-refractivity contribution is -0.140. The molecule has 0 saturated carbocycles. The minimum absolute atomic E-state index is 0.341. The van der Waals surface area contributed by atoms with Crippen molar-refractivity contribution >= 4 is 40.5 Å². The van der Waals surface area contributed by atoms with Crippen molar-refractivity contribution in [2.45, 2.75) is 18.4 Å². The van der Waals surface area contributed by atoms with Gasteiger partial charge in [0.15, 0.2) is 5.84 Å². The van der Waals surface area contributed by atoms with Crippen LogP contribution in [0.15, 0.2) is 71.7 Å². The number of rotatable bonds is 2. The number of aliphatic imine (C=N–C) groups is 1. The van der Waals surface area contributed by atoms with Gasteiger partial charge in [-0.25, -0.2) is 14.2 Å². The summed E-state index contributed by atoms with van der Waals surface area (Å²) in [6, 6.07) is 18.4. The van der Waals surface area contributed by atoms with Crippen molar-refractivity contribution in [3.05, 3.63) is 88.7 Å². The molecule has 3 aromatic rings. The number of carbonyl (C=O) groups is 1. The third-order valence-electron chi connectivity index (χ3n) is 5.80. The minimum Gasteiger partial charge on any atom is -0.479 e. The highest BCUT2D eigenvalue weighted by Gasteiger charge is 2.51. The van der Waals surface area contributed by atoms with Gasteiger partial charge in [0.1, 0.15) is 5.82 Å². The maximum Gasteiger partial charge on any atom is 0.342 e. The zero-order valence-corrected chi connectivity index (χ0v) is 17.2. The molecule has 0 aliphatic carbocycles. The standard InChI is InChI=1S/C24H19ClFN3O2/c25-17-9-12-21-15(14-17)4-3-13-29(21)22-24(23(30)31,16-7-10-18(26)11-8-16)28-20-6-2-1-5-19(20)27-22/h1-2,5-12,14,28H,3-4,13H2,(H,30,31). The Labute approximate surface area is 183 Å². The normalized spacial score (nSPS) is 19.7. The lowest BCUT2D eigenvalue weighted by Crippen LogP contribution is -2.59. The molecule has 0 amide bonds. The number of carboxylic acid groups (broad SMARTS) is 1. The molecule has 0 radical (unpaired) electrons. The summed E-state index contributed by atoms with van der Waals surface area (Å²) >= 11 is 6.20. The van der Waals surface area contributed by atoms with E-state index >= 15 is 0 Å². The summed E-state index contributed by atoms with van der Waals surface area (Å²) < 4.78 is 13.7. The average Bonchev–Trinajstić information content (AvgIpc) is 2.78. The van der Waals surface area contributed by atoms with Crippen molar-refractivity contribution in [3.8, 4) is 0 Å². The van der Waals surface area contributed by atoms with Crippen LogP contribution in [-0.4, -0.2) is 23.5 Å². The van der Waals surface area contributed by atoms with Gasteiger partial charge in [0.25, 0.3) is 0 Å². The summed E-state index contributed by atoms with van der Waals surface area (Å²) in [6.45, 7) is 0.605. The molecule has 3 aromatic carbocycles. The number of carboxylic acids is 1. The van der Waals surface area contributed by atoms with E-state index in [0.717, 1.165) is 24.1 Å². The number of aliphatic carboxylic acids is 1.